The summed E-state index contributed by atoms with van der Waals surface area (Å²) in [6.07, 6.45) is 5.24. The minimum atomic E-state index is -0.644. The summed E-state index contributed by atoms with van der Waals surface area (Å²) in [4.78, 5) is 0. The minimum absolute atomic E-state index is 0.276. The standard InChI is InChI=1S/C15H20O2/c16-15(13-7-4-10-17-11-13)9-3-6-12-5-1-2-8-14(12)15/h1-2,5,8,13,16H,3-4,6-7,9-11H2. The molecule has 1 aliphatic carbocycles. The zero-order valence-electron chi connectivity index (χ0n) is 10.2. The third-order valence-electron chi connectivity index (χ3n) is 4.32. The van der Waals surface area contributed by atoms with Gasteiger partial charge >= 0.3 is 0 Å². The van der Waals surface area contributed by atoms with Crippen LogP contribution in [0.3, 0.4) is 0 Å². The third-order valence-corrected chi connectivity index (χ3v) is 4.32. The number of aliphatic hydroxyl groups is 1. The van der Waals surface area contributed by atoms with Crippen LogP contribution in [0.25, 0.3) is 0 Å². The monoisotopic (exact) mass is 232 g/mol. The Morgan fingerprint density at radius 1 is 1.24 bits per heavy atom. The second-order valence-corrected chi connectivity index (χ2v) is 5.35. The minimum Gasteiger partial charge on any atom is -0.385 e. The number of hydrogen-bond acceptors (Lipinski definition) is 2. The van der Waals surface area contributed by atoms with Gasteiger partial charge in [-0.25, -0.2) is 0 Å². The van der Waals surface area contributed by atoms with Gasteiger partial charge in [0, 0.05) is 12.5 Å². The first-order valence-electron chi connectivity index (χ1n) is 6.69. The van der Waals surface area contributed by atoms with E-state index in [1.165, 1.54) is 5.56 Å². The summed E-state index contributed by atoms with van der Waals surface area (Å²) in [6, 6.07) is 8.37. The smallest absolute Gasteiger partial charge is 0.0949 e. The van der Waals surface area contributed by atoms with Gasteiger partial charge in [-0.2, -0.15) is 0 Å². The zero-order valence-corrected chi connectivity index (χ0v) is 10.2. The molecule has 1 aromatic carbocycles. The predicted molar refractivity (Wildman–Crippen MR) is 66.8 cm³/mol. The normalized spacial score (nSPS) is 33.1. The molecule has 1 aliphatic heterocycles. The molecule has 17 heavy (non-hydrogen) atoms. The molecule has 0 saturated carbocycles. The Morgan fingerprint density at radius 2 is 2.12 bits per heavy atom. The van der Waals surface area contributed by atoms with Crippen LogP contribution < -0.4 is 0 Å². The highest BCUT2D eigenvalue weighted by molar-refractivity contribution is 5.35. The van der Waals surface area contributed by atoms with Crippen LogP contribution >= 0.6 is 0 Å². The SMILES string of the molecule is OC1(C2CCCOC2)CCCc2ccccc21. The van der Waals surface area contributed by atoms with Crippen molar-refractivity contribution in [1.82, 2.24) is 0 Å². The summed E-state index contributed by atoms with van der Waals surface area (Å²) >= 11 is 0. The maximum atomic E-state index is 11.1. The highest BCUT2D eigenvalue weighted by Crippen LogP contribution is 2.43. The number of rotatable bonds is 1. The van der Waals surface area contributed by atoms with Gasteiger partial charge in [0.1, 0.15) is 0 Å². The zero-order chi connectivity index (χ0) is 11.7. The fourth-order valence-electron chi connectivity index (χ4n) is 3.39. The van der Waals surface area contributed by atoms with Crippen molar-refractivity contribution in [2.24, 2.45) is 5.92 Å². The Hall–Kier alpha value is -0.860. The molecule has 92 valence electrons. The molecule has 2 aliphatic rings. The van der Waals surface area contributed by atoms with Gasteiger partial charge in [0.05, 0.1) is 12.2 Å². The quantitative estimate of drug-likeness (QED) is 0.806. The Labute approximate surface area is 103 Å². The number of fused-ring (bicyclic) bond motifs is 1. The van der Waals surface area contributed by atoms with Gasteiger partial charge in [-0.15, -0.1) is 0 Å². The molecule has 2 nitrogen and oxygen atoms in total. The molecular weight excluding hydrogens is 212 g/mol. The van der Waals surface area contributed by atoms with Crippen LogP contribution in [0.5, 0.6) is 0 Å². The van der Waals surface area contributed by atoms with Gasteiger partial charge in [-0.05, 0) is 43.2 Å². The molecule has 1 aromatic rings. The van der Waals surface area contributed by atoms with E-state index in [9.17, 15) is 5.11 Å². The van der Waals surface area contributed by atoms with E-state index in [1.807, 2.05) is 6.07 Å². The van der Waals surface area contributed by atoms with Gasteiger partial charge in [-0.1, -0.05) is 24.3 Å². The fourth-order valence-corrected chi connectivity index (χ4v) is 3.39. The molecule has 0 bridgehead atoms. The van der Waals surface area contributed by atoms with Crippen molar-refractivity contribution in [3.8, 4) is 0 Å². The van der Waals surface area contributed by atoms with Crippen molar-refractivity contribution in [1.29, 1.82) is 0 Å². The molecule has 0 spiro atoms. The average molecular weight is 232 g/mol. The molecule has 1 saturated heterocycles. The summed E-state index contributed by atoms with van der Waals surface area (Å²) < 4.78 is 5.56. The maximum Gasteiger partial charge on any atom is 0.0949 e. The summed E-state index contributed by atoms with van der Waals surface area (Å²) in [7, 11) is 0. The van der Waals surface area contributed by atoms with Crippen LogP contribution in [0.2, 0.25) is 0 Å². The average Bonchev–Trinajstić information content (AvgIpc) is 2.40. The topological polar surface area (TPSA) is 29.5 Å². The molecule has 0 aromatic heterocycles. The van der Waals surface area contributed by atoms with E-state index >= 15 is 0 Å². The van der Waals surface area contributed by atoms with Crippen molar-refractivity contribution < 1.29 is 9.84 Å². The van der Waals surface area contributed by atoms with Crippen molar-refractivity contribution in [3.63, 3.8) is 0 Å². The third kappa shape index (κ3) is 1.90. The van der Waals surface area contributed by atoms with Gasteiger partial charge < -0.3 is 9.84 Å². The second kappa shape index (κ2) is 4.43. The summed E-state index contributed by atoms with van der Waals surface area (Å²) in [5, 5.41) is 11.1. The predicted octanol–water partition coefficient (Wildman–Crippen LogP) is 2.64. The molecule has 1 fully saturated rings. The number of ether oxygens (including phenoxy) is 1. The Kier molecular flexibility index (Phi) is 2.93. The van der Waals surface area contributed by atoms with Gasteiger partial charge in [-0.3, -0.25) is 0 Å². The van der Waals surface area contributed by atoms with Gasteiger partial charge in [0.15, 0.2) is 0 Å². The van der Waals surface area contributed by atoms with Crippen LogP contribution in [0.4, 0.5) is 0 Å². The Balaban J connectivity index is 1.96. The Morgan fingerprint density at radius 3 is 2.94 bits per heavy atom. The molecular formula is C15H20O2. The van der Waals surface area contributed by atoms with Crippen molar-refractivity contribution >= 4 is 0 Å². The van der Waals surface area contributed by atoms with E-state index in [4.69, 9.17) is 4.74 Å². The Bertz CT molecular complexity index is 396. The van der Waals surface area contributed by atoms with Crippen LogP contribution in [-0.4, -0.2) is 18.3 Å². The van der Waals surface area contributed by atoms with Crippen molar-refractivity contribution in [2.45, 2.75) is 37.7 Å². The molecule has 2 heteroatoms. The molecule has 3 rings (SSSR count). The highest BCUT2D eigenvalue weighted by Gasteiger charge is 2.41. The van der Waals surface area contributed by atoms with Crippen LogP contribution in [0, 0.1) is 5.92 Å². The van der Waals surface area contributed by atoms with Crippen molar-refractivity contribution in [2.75, 3.05) is 13.2 Å². The lowest BCUT2D eigenvalue weighted by molar-refractivity contribution is -0.0936. The first kappa shape index (κ1) is 11.2. The van der Waals surface area contributed by atoms with Crippen LogP contribution in [0.15, 0.2) is 24.3 Å². The highest BCUT2D eigenvalue weighted by atomic mass is 16.5. The summed E-state index contributed by atoms with van der Waals surface area (Å²) in [5.74, 6) is 0.276. The van der Waals surface area contributed by atoms with Crippen LogP contribution in [-0.2, 0) is 16.8 Å². The van der Waals surface area contributed by atoms with E-state index in [-0.39, 0.29) is 5.92 Å². The molecule has 2 atom stereocenters. The molecule has 0 radical (unpaired) electrons. The van der Waals surface area contributed by atoms with Gasteiger partial charge in [0.25, 0.3) is 0 Å². The molecule has 0 amide bonds. The van der Waals surface area contributed by atoms with E-state index in [0.717, 1.165) is 44.3 Å². The second-order valence-electron chi connectivity index (χ2n) is 5.35. The lowest BCUT2D eigenvalue weighted by Crippen LogP contribution is -2.42. The van der Waals surface area contributed by atoms with Crippen LogP contribution in [0.1, 0.15) is 36.8 Å². The van der Waals surface area contributed by atoms with E-state index < -0.39 is 5.60 Å². The van der Waals surface area contributed by atoms with E-state index in [1.54, 1.807) is 0 Å². The summed E-state index contributed by atoms with van der Waals surface area (Å²) in [6.45, 7) is 1.57. The lowest BCUT2D eigenvalue weighted by Gasteiger charge is -2.42. The molecule has 1 heterocycles. The molecule has 1 N–H and O–H groups in total. The number of benzene rings is 1. The van der Waals surface area contributed by atoms with Crippen molar-refractivity contribution in [3.05, 3.63) is 35.4 Å². The maximum absolute atomic E-state index is 11.1. The van der Waals surface area contributed by atoms with E-state index in [0.29, 0.717) is 6.61 Å². The molecule has 2 unspecified atom stereocenters. The number of hydrogen-bond donors (Lipinski definition) is 1. The first-order valence-corrected chi connectivity index (χ1v) is 6.69. The van der Waals surface area contributed by atoms with E-state index in [2.05, 4.69) is 18.2 Å². The first-order chi connectivity index (χ1) is 8.31. The number of aryl methyl sites for hydroxylation is 1. The largest absolute Gasteiger partial charge is 0.385 e. The fraction of sp³-hybridized carbons (Fsp3) is 0.600. The lowest BCUT2D eigenvalue weighted by atomic mass is 9.70. The summed E-state index contributed by atoms with van der Waals surface area (Å²) in [5.41, 5.74) is 1.84. The van der Waals surface area contributed by atoms with Gasteiger partial charge in [0.2, 0.25) is 0 Å².